The highest BCUT2D eigenvalue weighted by molar-refractivity contribution is 5.35. The molecular weight excluding hydrogens is 132 g/mol. The average Bonchev–Trinajstić information content (AvgIpc) is 2.04. The maximum Gasteiger partial charge on any atom is 0.0170 e. The second kappa shape index (κ2) is 8.78. The first-order valence-corrected chi connectivity index (χ1v) is 3.66. The summed E-state index contributed by atoms with van der Waals surface area (Å²) in [5, 5.41) is 0. The Morgan fingerprint density at radius 3 is 2.00 bits per heavy atom. The number of rotatable bonds is 2. The molecule has 0 unspecified atom stereocenters. The molecule has 0 atom stereocenters. The fraction of sp³-hybridized carbons (Fsp3) is 0.273. The fourth-order valence-corrected chi connectivity index (χ4v) is 0.291. The zero-order valence-electron chi connectivity index (χ0n) is 7.65. The van der Waals surface area contributed by atoms with Gasteiger partial charge < -0.3 is 0 Å². The summed E-state index contributed by atoms with van der Waals surface area (Å²) in [4.78, 5) is 0. The topological polar surface area (TPSA) is 0 Å². The Bertz CT molecular complexity index is 187. The van der Waals surface area contributed by atoms with Crippen LogP contribution in [0.3, 0.4) is 0 Å². The van der Waals surface area contributed by atoms with E-state index < -0.39 is 0 Å². The van der Waals surface area contributed by atoms with Gasteiger partial charge in [-0.25, -0.2) is 0 Å². The zero-order chi connectivity index (χ0) is 9.28. The van der Waals surface area contributed by atoms with Gasteiger partial charge in [0, 0.05) is 5.57 Å². The number of hydrogen-bond donors (Lipinski definition) is 0. The molecule has 0 aliphatic rings. The number of allylic oxidation sites excluding steroid dienone is 4. The molecule has 60 valence electrons. The standard InChI is InChI=1S/C9H10.C2H6/c1-5-9(4)7-6-8(2)3;1-2/h1,6-7H,2,4H2,3H3;1-2H3/b7-6-;. The molecule has 0 aromatic rings. The van der Waals surface area contributed by atoms with Crippen molar-refractivity contribution in [3.05, 3.63) is 36.5 Å². The van der Waals surface area contributed by atoms with Gasteiger partial charge in [-0.1, -0.05) is 44.6 Å². The van der Waals surface area contributed by atoms with E-state index in [1.807, 2.05) is 26.8 Å². The molecule has 0 amide bonds. The molecule has 0 aliphatic carbocycles. The summed E-state index contributed by atoms with van der Waals surface area (Å²) >= 11 is 0. The Labute approximate surface area is 70.3 Å². The van der Waals surface area contributed by atoms with Crippen LogP contribution in [-0.2, 0) is 0 Å². The van der Waals surface area contributed by atoms with E-state index in [2.05, 4.69) is 19.1 Å². The van der Waals surface area contributed by atoms with Crippen LogP contribution in [0.2, 0.25) is 0 Å². The van der Waals surface area contributed by atoms with E-state index >= 15 is 0 Å². The molecule has 0 aliphatic heterocycles. The summed E-state index contributed by atoms with van der Waals surface area (Å²) in [5.74, 6) is 2.40. The molecule has 0 spiro atoms. The average molecular weight is 148 g/mol. The molecule has 0 heteroatoms. The normalized spacial score (nSPS) is 7.82. The van der Waals surface area contributed by atoms with E-state index in [4.69, 9.17) is 6.42 Å². The van der Waals surface area contributed by atoms with E-state index in [-0.39, 0.29) is 0 Å². The van der Waals surface area contributed by atoms with Gasteiger partial charge in [-0.3, -0.25) is 0 Å². The number of hydrogen-bond acceptors (Lipinski definition) is 0. The summed E-state index contributed by atoms with van der Waals surface area (Å²) in [6.45, 7) is 13.1. The quantitative estimate of drug-likeness (QED) is 0.416. The Hall–Kier alpha value is -1.22. The molecule has 0 nitrogen and oxygen atoms in total. The van der Waals surface area contributed by atoms with Gasteiger partial charge in [-0.05, 0) is 13.0 Å². The van der Waals surface area contributed by atoms with Crippen molar-refractivity contribution in [3.8, 4) is 12.3 Å². The molecule has 11 heavy (non-hydrogen) atoms. The van der Waals surface area contributed by atoms with Crippen molar-refractivity contribution in [2.45, 2.75) is 20.8 Å². The largest absolute Gasteiger partial charge is 0.115 e. The van der Waals surface area contributed by atoms with Crippen LogP contribution in [0.1, 0.15) is 20.8 Å². The molecule has 0 saturated carbocycles. The smallest absolute Gasteiger partial charge is 0.0170 e. The lowest BCUT2D eigenvalue weighted by molar-refractivity contribution is 1.50. The van der Waals surface area contributed by atoms with Crippen LogP contribution in [0.5, 0.6) is 0 Å². The Morgan fingerprint density at radius 2 is 1.73 bits per heavy atom. The lowest BCUT2D eigenvalue weighted by atomic mass is 10.2. The van der Waals surface area contributed by atoms with E-state index in [0.717, 1.165) is 5.57 Å². The first-order valence-electron chi connectivity index (χ1n) is 3.66. The van der Waals surface area contributed by atoms with E-state index in [1.54, 1.807) is 6.08 Å². The highest BCUT2D eigenvalue weighted by Gasteiger charge is 1.76. The molecule has 0 aromatic carbocycles. The van der Waals surface area contributed by atoms with Crippen molar-refractivity contribution in [3.63, 3.8) is 0 Å². The lowest BCUT2D eigenvalue weighted by Gasteiger charge is -1.83. The minimum absolute atomic E-state index is 0.679. The highest BCUT2D eigenvalue weighted by Crippen LogP contribution is 1.94. The van der Waals surface area contributed by atoms with Gasteiger partial charge >= 0.3 is 0 Å². The fourth-order valence-electron chi connectivity index (χ4n) is 0.291. The minimum Gasteiger partial charge on any atom is -0.115 e. The molecule has 0 fully saturated rings. The summed E-state index contributed by atoms with van der Waals surface area (Å²) < 4.78 is 0. The van der Waals surface area contributed by atoms with Gasteiger partial charge in [0.15, 0.2) is 0 Å². The summed E-state index contributed by atoms with van der Waals surface area (Å²) in [7, 11) is 0. The molecule has 0 radical (unpaired) electrons. The van der Waals surface area contributed by atoms with E-state index in [0.29, 0.717) is 5.57 Å². The highest BCUT2D eigenvalue weighted by atomic mass is 13.8. The van der Waals surface area contributed by atoms with Crippen LogP contribution in [0.4, 0.5) is 0 Å². The van der Waals surface area contributed by atoms with Crippen molar-refractivity contribution >= 4 is 0 Å². The SMILES string of the molecule is C#CC(=C)/C=C\C(=C)C.CC. The van der Waals surface area contributed by atoms with Crippen LogP contribution in [0.15, 0.2) is 36.5 Å². The molecule has 0 heterocycles. The van der Waals surface area contributed by atoms with Gasteiger partial charge in [-0.15, -0.1) is 6.42 Å². The third kappa shape index (κ3) is 12.1. The lowest BCUT2D eigenvalue weighted by Crippen LogP contribution is -1.66. The van der Waals surface area contributed by atoms with Gasteiger partial charge in [0.05, 0.1) is 0 Å². The third-order valence-electron chi connectivity index (χ3n) is 0.754. The van der Waals surface area contributed by atoms with E-state index in [9.17, 15) is 0 Å². The molecule has 0 bridgehead atoms. The van der Waals surface area contributed by atoms with Crippen LogP contribution in [-0.4, -0.2) is 0 Å². The van der Waals surface area contributed by atoms with Crippen molar-refractivity contribution in [1.29, 1.82) is 0 Å². The summed E-state index contributed by atoms with van der Waals surface area (Å²) in [6, 6.07) is 0. The first kappa shape index (κ1) is 12.5. The van der Waals surface area contributed by atoms with Crippen LogP contribution in [0, 0.1) is 12.3 Å². The van der Waals surface area contributed by atoms with Crippen molar-refractivity contribution < 1.29 is 0 Å². The second-order valence-electron chi connectivity index (χ2n) is 1.85. The van der Waals surface area contributed by atoms with Gasteiger partial charge in [-0.2, -0.15) is 0 Å². The van der Waals surface area contributed by atoms with E-state index in [1.165, 1.54) is 0 Å². The molecule has 0 N–H and O–H groups in total. The molecule has 0 rings (SSSR count). The van der Waals surface area contributed by atoms with Crippen LogP contribution in [0.25, 0.3) is 0 Å². The minimum atomic E-state index is 0.679. The van der Waals surface area contributed by atoms with Crippen molar-refractivity contribution in [2.24, 2.45) is 0 Å². The first-order chi connectivity index (χ1) is 5.16. The van der Waals surface area contributed by atoms with Gasteiger partial charge in [0.25, 0.3) is 0 Å². The van der Waals surface area contributed by atoms with Crippen molar-refractivity contribution in [2.75, 3.05) is 0 Å². The number of terminal acetylenes is 1. The predicted octanol–water partition coefficient (Wildman–Crippen LogP) is 3.33. The summed E-state index contributed by atoms with van der Waals surface area (Å²) in [6.07, 6.45) is 8.63. The predicted molar refractivity (Wildman–Crippen MR) is 53.3 cm³/mol. The maximum atomic E-state index is 5.03. The van der Waals surface area contributed by atoms with Gasteiger partial charge in [0.2, 0.25) is 0 Å². The Morgan fingerprint density at radius 1 is 1.27 bits per heavy atom. The summed E-state index contributed by atoms with van der Waals surface area (Å²) in [5.41, 5.74) is 1.66. The Balaban J connectivity index is 0. The monoisotopic (exact) mass is 148 g/mol. The van der Waals surface area contributed by atoms with Crippen LogP contribution >= 0.6 is 0 Å². The zero-order valence-corrected chi connectivity index (χ0v) is 7.65. The third-order valence-corrected chi connectivity index (χ3v) is 0.754. The van der Waals surface area contributed by atoms with Crippen molar-refractivity contribution in [1.82, 2.24) is 0 Å². The molecule has 0 saturated heterocycles. The Kier molecular flexibility index (Phi) is 9.94. The van der Waals surface area contributed by atoms with Crippen LogP contribution < -0.4 is 0 Å². The second-order valence-corrected chi connectivity index (χ2v) is 1.85. The van der Waals surface area contributed by atoms with Gasteiger partial charge in [0.1, 0.15) is 0 Å². The maximum absolute atomic E-state index is 5.03. The molecule has 0 aromatic heterocycles. The molecular formula is C11H16.